The van der Waals surface area contributed by atoms with E-state index < -0.39 is 8.80 Å². The zero-order valence-corrected chi connectivity index (χ0v) is 15.2. The second-order valence-electron chi connectivity index (χ2n) is 7.47. The second kappa shape index (κ2) is 5.44. The molecule has 1 fully saturated rings. The molecule has 2 aromatic carbocycles. The standard InChI is InChI=1S/C21H21NOSi/c1-21(2)16-8-4-6-10-19(16)24(21)18-9-5-3-7-15(18)20-14(11-12-22)13-17(20)23/h3-11,17,20,23-24H,13H2,1-2H3. The lowest BCUT2D eigenvalue weighted by atomic mass is 9.72. The molecular weight excluding hydrogens is 310 g/mol. The Hall–Kier alpha value is -2.15. The van der Waals surface area contributed by atoms with Crippen molar-refractivity contribution in [2.45, 2.75) is 37.3 Å². The molecule has 1 aliphatic heterocycles. The number of nitrogens with zero attached hydrogens (tertiary/aromatic N) is 1. The van der Waals surface area contributed by atoms with Gasteiger partial charge in [-0.25, -0.2) is 0 Å². The molecule has 1 aliphatic carbocycles. The molecule has 3 heteroatoms. The molecule has 0 aromatic heterocycles. The molecule has 3 atom stereocenters. The number of allylic oxidation sites excluding steroid dienone is 1. The van der Waals surface area contributed by atoms with E-state index in [2.05, 4.69) is 68.4 Å². The van der Waals surface area contributed by atoms with Crippen LogP contribution in [0.2, 0.25) is 0 Å². The van der Waals surface area contributed by atoms with E-state index >= 15 is 0 Å². The van der Waals surface area contributed by atoms with Crippen LogP contribution in [0, 0.1) is 11.3 Å². The molecule has 0 amide bonds. The van der Waals surface area contributed by atoms with E-state index in [0.29, 0.717) is 6.42 Å². The minimum absolute atomic E-state index is 0.00286. The van der Waals surface area contributed by atoms with Gasteiger partial charge in [-0.15, -0.1) is 0 Å². The highest BCUT2D eigenvalue weighted by molar-refractivity contribution is 6.92. The predicted octanol–water partition coefficient (Wildman–Crippen LogP) is 2.16. The Morgan fingerprint density at radius 2 is 1.79 bits per heavy atom. The molecule has 0 saturated heterocycles. The Morgan fingerprint density at radius 1 is 1.12 bits per heavy atom. The third-order valence-electron chi connectivity index (χ3n) is 5.81. The topological polar surface area (TPSA) is 44.0 Å². The van der Waals surface area contributed by atoms with E-state index in [0.717, 1.165) is 5.57 Å². The number of rotatable bonds is 2. The van der Waals surface area contributed by atoms with Gasteiger partial charge in [0, 0.05) is 12.0 Å². The SMILES string of the molecule is CC1(C)c2ccccc2[SiH]1c1ccccc1C1C(=CC#N)CC1O. The first-order chi connectivity index (χ1) is 11.6. The molecule has 0 radical (unpaired) electrons. The third kappa shape index (κ3) is 2.04. The van der Waals surface area contributed by atoms with Gasteiger partial charge in [0.05, 0.1) is 12.2 Å². The van der Waals surface area contributed by atoms with E-state index in [1.54, 1.807) is 6.08 Å². The third-order valence-corrected chi connectivity index (χ3v) is 9.84. The lowest BCUT2D eigenvalue weighted by Gasteiger charge is -2.48. The largest absolute Gasteiger partial charge is 0.392 e. The zero-order chi connectivity index (χ0) is 16.9. The highest BCUT2D eigenvalue weighted by Gasteiger charge is 2.48. The quantitative estimate of drug-likeness (QED) is 0.677. The van der Waals surface area contributed by atoms with Crippen LogP contribution in [0.5, 0.6) is 0 Å². The number of aliphatic hydroxyl groups excluding tert-OH is 1. The normalized spacial score (nSPS) is 28.4. The molecule has 2 aliphatic rings. The number of hydrogen-bond donors (Lipinski definition) is 1. The maximum absolute atomic E-state index is 10.3. The summed E-state index contributed by atoms with van der Waals surface area (Å²) in [6.45, 7) is 4.71. The summed E-state index contributed by atoms with van der Waals surface area (Å²) < 4.78 is 0. The molecule has 24 heavy (non-hydrogen) atoms. The molecule has 2 nitrogen and oxygen atoms in total. The summed E-state index contributed by atoms with van der Waals surface area (Å²) in [6.07, 6.45) is 1.88. The Bertz CT molecular complexity index is 877. The fourth-order valence-electron chi connectivity index (χ4n) is 4.63. The van der Waals surface area contributed by atoms with Crippen LogP contribution in [0.15, 0.2) is 60.2 Å². The lowest BCUT2D eigenvalue weighted by Crippen LogP contribution is -2.68. The molecule has 3 unspecified atom stereocenters. The Balaban J connectivity index is 1.82. The highest BCUT2D eigenvalue weighted by atomic mass is 28.3. The molecule has 1 heterocycles. The summed E-state index contributed by atoms with van der Waals surface area (Å²) in [7, 11) is -1.34. The van der Waals surface area contributed by atoms with Gasteiger partial charge in [-0.1, -0.05) is 72.8 Å². The molecule has 0 spiro atoms. The van der Waals surface area contributed by atoms with Crippen molar-refractivity contribution in [3.63, 3.8) is 0 Å². The van der Waals surface area contributed by atoms with Crippen LogP contribution in [0.1, 0.15) is 37.3 Å². The van der Waals surface area contributed by atoms with Crippen LogP contribution in [-0.2, 0) is 5.04 Å². The van der Waals surface area contributed by atoms with Gasteiger partial charge in [0.1, 0.15) is 8.80 Å². The summed E-state index contributed by atoms with van der Waals surface area (Å²) >= 11 is 0. The lowest BCUT2D eigenvalue weighted by molar-refractivity contribution is 0.111. The average Bonchev–Trinajstić information content (AvgIpc) is 2.56. The van der Waals surface area contributed by atoms with Gasteiger partial charge < -0.3 is 5.11 Å². The van der Waals surface area contributed by atoms with Crippen LogP contribution in [0.25, 0.3) is 0 Å². The van der Waals surface area contributed by atoms with Crippen molar-refractivity contribution in [2.75, 3.05) is 0 Å². The summed E-state index contributed by atoms with van der Waals surface area (Å²) in [5.74, 6) is -0.00286. The first-order valence-electron chi connectivity index (χ1n) is 8.50. The average molecular weight is 331 g/mol. The smallest absolute Gasteiger partial charge is 0.113 e. The van der Waals surface area contributed by atoms with Gasteiger partial charge in [-0.3, -0.25) is 0 Å². The van der Waals surface area contributed by atoms with Gasteiger partial charge in [-0.05, 0) is 28.2 Å². The number of fused-ring (bicyclic) bond motifs is 1. The predicted molar refractivity (Wildman–Crippen MR) is 99.4 cm³/mol. The zero-order valence-electron chi connectivity index (χ0n) is 14.0. The summed E-state index contributed by atoms with van der Waals surface area (Å²) in [5, 5.41) is 22.5. The van der Waals surface area contributed by atoms with E-state index in [-0.39, 0.29) is 17.1 Å². The van der Waals surface area contributed by atoms with Crippen molar-refractivity contribution < 1.29 is 5.11 Å². The minimum atomic E-state index is -1.34. The van der Waals surface area contributed by atoms with Crippen LogP contribution in [0.3, 0.4) is 0 Å². The van der Waals surface area contributed by atoms with E-state index in [1.165, 1.54) is 21.5 Å². The number of nitriles is 1. The summed E-state index contributed by atoms with van der Waals surface area (Å²) in [4.78, 5) is 0. The van der Waals surface area contributed by atoms with Gasteiger partial charge in [0.15, 0.2) is 0 Å². The Kier molecular flexibility index (Phi) is 3.49. The minimum Gasteiger partial charge on any atom is -0.392 e. The second-order valence-corrected chi connectivity index (χ2v) is 11.0. The number of aliphatic hydroxyl groups is 1. The van der Waals surface area contributed by atoms with Crippen molar-refractivity contribution in [3.8, 4) is 6.07 Å². The molecule has 1 N–H and O–H groups in total. The monoisotopic (exact) mass is 331 g/mol. The van der Waals surface area contributed by atoms with Gasteiger partial charge in [-0.2, -0.15) is 5.26 Å². The maximum atomic E-state index is 10.3. The molecule has 0 bridgehead atoms. The van der Waals surface area contributed by atoms with Gasteiger partial charge in [0.2, 0.25) is 0 Å². The highest BCUT2D eigenvalue weighted by Crippen LogP contribution is 2.43. The fourth-order valence-corrected chi connectivity index (χ4v) is 8.85. The van der Waals surface area contributed by atoms with E-state index in [1.807, 2.05) is 0 Å². The van der Waals surface area contributed by atoms with Crippen LogP contribution in [-0.4, -0.2) is 20.0 Å². The molecule has 4 rings (SSSR count). The first-order valence-corrected chi connectivity index (χ1v) is 10.2. The molecule has 120 valence electrons. The van der Waals surface area contributed by atoms with Crippen molar-refractivity contribution >= 4 is 19.2 Å². The first kappa shape index (κ1) is 15.4. The van der Waals surface area contributed by atoms with Crippen molar-refractivity contribution in [1.29, 1.82) is 5.26 Å². The van der Waals surface area contributed by atoms with Crippen molar-refractivity contribution in [2.24, 2.45) is 0 Å². The summed E-state index contributed by atoms with van der Waals surface area (Å²) in [6, 6.07) is 19.5. The molecular formula is C21H21NOSi. The van der Waals surface area contributed by atoms with Crippen LogP contribution >= 0.6 is 0 Å². The van der Waals surface area contributed by atoms with E-state index in [4.69, 9.17) is 5.26 Å². The summed E-state index contributed by atoms with van der Waals surface area (Å²) in [5.41, 5.74) is 3.77. The van der Waals surface area contributed by atoms with Crippen LogP contribution < -0.4 is 10.4 Å². The fraction of sp³-hybridized carbons (Fsp3) is 0.286. The van der Waals surface area contributed by atoms with Crippen molar-refractivity contribution in [1.82, 2.24) is 0 Å². The van der Waals surface area contributed by atoms with Gasteiger partial charge in [0.25, 0.3) is 0 Å². The molecule has 2 aromatic rings. The number of benzene rings is 2. The van der Waals surface area contributed by atoms with Crippen molar-refractivity contribution in [3.05, 3.63) is 71.3 Å². The maximum Gasteiger partial charge on any atom is 0.113 e. The molecule has 1 saturated carbocycles. The Morgan fingerprint density at radius 3 is 2.50 bits per heavy atom. The van der Waals surface area contributed by atoms with Crippen LogP contribution in [0.4, 0.5) is 0 Å². The Labute approximate surface area is 144 Å². The number of hydrogen-bond acceptors (Lipinski definition) is 2. The van der Waals surface area contributed by atoms with Gasteiger partial charge >= 0.3 is 0 Å². The van der Waals surface area contributed by atoms with E-state index in [9.17, 15) is 5.11 Å².